The fourth-order valence-corrected chi connectivity index (χ4v) is 5.73. The number of aromatic nitrogens is 3. The van der Waals surface area contributed by atoms with Gasteiger partial charge >= 0.3 is 6.09 Å². The zero-order valence-corrected chi connectivity index (χ0v) is 21.3. The molecule has 3 heterocycles. The molecule has 0 saturated carbocycles. The number of halogens is 3. The number of rotatable bonds is 4. The zero-order valence-electron chi connectivity index (χ0n) is 20.6. The third-order valence-corrected chi connectivity index (χ3v) is 7.20. The number of nitrogens with zero attached hydrogens (tertiary/aromatic N) is 3. The van der Waals surface area contributed by atoms with Crippen LogP contribution in [0.2, 0.25) is 5.02 Å². The van der Waals surface area contributed by atoms with E-state index in [0.717, 1.165) is 5.56 Å². The van der Waals surface area contributed by atoms with E-state index in [1.165, 1.54) is 29.2 Å². The van der Waals surface area contributed by atoms with Crippen LogP contribution in [0, 0.1) is 17.0 Å². The van der Waals surface area contributed by atoms with E-state index in [-0.39, 0.29) is 46.8 Å². The van der Waals surface area contributed by atoms with Crippen LogP contribution in [0.4, 0.5) is 19.3 Å². The Morgan fingerprint density at radius 2 is 1.89 bits per heavy atom. The third kappa shape index (κ3) is 4.54. The number of hydrogen-bond donors (Lipinski definition) is 2. The molecule has 2 amide bonds. The molecule has 37 heavy (non-hydrogen) atoms. The molecule has 5 rings (SSSR count). The molecule has 8 nitrogen and oxygen atoms in total. The highest BCUT2D eigenvalue weighted by Gasteiger charge is 2.53. The largest absolute Gasteiger partial charge is 0.436 e. The summed E-state index contributed by atoms with van der Waals surface area (Å²) in [7, 11) is 0. The first kappa shape index (κ1) is 25.1. The van der Waals surface area contributed by atoms with Crippen LogP contribution in [0.5, 0.6) is 0 Å². The number of amides is 2. The van der Waals surface area contributed by atoms with Crippen molar-refractivity contribution < 1.29 is 23.1 Å². The van der Waals surface area contributed by atoms with Crippen molar-refractivity contribution in [2.24, 2.45) is 5.41 Å². The first-order valence-corrected chi connectivity index (χ1v) is 12.4. The average Bonchev–Trinajstić information content (AvgIpc) is 3.31. The van der Waals surface area contributed by atoms with Gasteiger partial charge in [0.15, 0.2) is 11.4 Å². The van der Waals surface area contributed by atoms with Gasteiger partial charge in [-0.1, -0.05) is 44.5 Å². The first-order valence-electron chi connectivity index (χ1n) is 12.0. The second-order valence-electron chi connectivity index (χ2n) is 10.4. The van der Waals surface area contributed by atoms with Crippen LogP contribution in [-0.2, 0) is 10.3 Å². The molecule has 194 valence electrons. The molecule has 2 N–H and O–H groups in total. The number of benzene rings is 2. The van der Waals surface area contributed by atoms with Crippen molar-refractivity contribution in [2.45, 2.75) is 45.1 Å². The summed E-state index contributed by atoms with van der Waals surface area (Å²) in [6, 6.07) is 8.99. The van der Waals surface area contributed by atoms with Crippen LogP contribution in [0.15, 0.2) is 36.4 Å². The van der Waals surface area contributed by atoms with Crippen LogP contribution in [0.25, 0.3) is 0 Å². The summed E-state index contributed by atoms with van der Waals surface area (Å²) in [5.41, 5.74) is -0.767. The van der Waals surface area contributed by atoms with E-state index in [1.54, 1.807) is 12.1 Å². The maximum atomic E-state index is 15.3. The number of anilines is 1. The van der Waals surface area contributed by atoms with Gasteiger partial charge in [0.05, 0.1) is 22.8 Å². The topological polar surface area (TPSA) is 100 Å². The first-order chi connectivity index (χ1) is 17.5. The predicted molar refractivity (Wildman–Crippen MR) is 132 cm³/mol. The average molecular weight is 530 g/mol. The van der Waals surface area contributed by atoms with Gasteiger partial charge in [-0.25, -0.2) is 13.6 Å². The standard InChI is InChI=1S/C26H26ClF2N5O3/c1-4-16(14-5-7-15(28)8-6-14)21-31-22(33-32-21)23(35)34-12-25(2,3)11-26(13-34)19-18(30-24(36)37-26)10-9-17(27)20(19)29/h5-10,16H,4,11-13H2,1-3H3,(H,30,36)(H,31,32,33)/t16?,26-/m0/s1. The second-order valence-corrected chi connectivity index (χ2v) is 10.8. The lowest BCUT2D eigenvalue weighted by atomic mass is 9.72. The van der Waals surface area contributed by atoms with Gasteiger partial charge in [0.2, 0.25) is 5.82 Å². The molecule has 0 bridgehead atoms. The van der Waals surface area contributed by atoms with Gasteiger partial charge in [0, 0.05) is 18.9 Å². The van der Waals surface area contributed by atoms with Crippen LogP contribution < -0.4 is 5.32 Å². The lowest BCUT2D eigenvalue weighted by Crippen LogP contribution is -2.58. The Balaban J connectivity index is 1.48. The van der Waals surface area contributed by atoms with Crippen LogP contribution in [-0.4, -0.2) is 45.2 Å². The quantitative estimate of drug-likeness (QED) is 0.457. The molecule has 1 aromatic heterocycles. The molecule has 1 unspecified atom stereocenters. The third-order valence-electron chi connectivity index (χ3n) is 6.91. The van der Waals surface area contributed by atoms with Crippen molar-refractivity contribution >= 4 is 29.3 Å². The van der Waals surface area contributed by atoms with Crippen LogP contribution in [0.1, 0.15) is 67.1 Å². The van der Waals surface area contributed by atoms with E-state index in [1.807, 2.05) is 20.8 Å². The van der Waals surface area contributed by atoms with Gasteiger partial charge in [0.25, 0.3) is 5.91 Å². The zero-order chi connectivity index (χ0) is 26.5. The van der Waals surface area contributed by atoms with E-state index in [9.17, 15) is 14.0 Å². The molecular weight excluding hydrogens is 504 g/mol. The number of hydrogen-bond acceptors (Lipinski definition) is 5. The Kier molecular flexibility index (Phi) is 6.18. The number of ether oxygens (including phenoxy) is 1. The molecule has 1 spiro atoms. The van der Waals surface area contributed by atoms with Crippen molar-refractivity contribution in [3.8, 4) is 0 Å². The van der Waals surface area contributed by atoms with Gasteiger partial charge in [-0.05, 0) is 41.7 Å². The lowest BCUT2D eigenvalue weighted by Gasteiger charge is -2.50. The van der Waals surface area contributed by atoms with Crippen LogP contribution in [0.3, 0.4) is 0 Å². The highest BCUT2D eigenvalue weighted by atomic mass is 35.5. The summed E-state index contributed by atoms with van der Waals surface area (Å²) in [4.78, 5) is 30.6. The van der Waals surface area contributed by atoms with Gasteiger partial charge < -0.3 is 14.6 Å². The summed E-state index contributed by atoms with van der Waals surface area (Å²) >= 11 is 6.09. The molecular formula is C26H26ClF2N5O3. The van der Waals surface area contributed by atoms with Gasteiger partial charge in [-0.2, -0.15) is 0 Å². The van der Waals surface area contributed by atoms with Gasteiger partial charge in [0.1, 0.15) is 11.6 Å². The Morgan fingerprint density at radius 1 is 1.16 bits per heavy atom. The molecule has 1 saturated heterocycles. The summed E-state index contributed by atoms with van der Waals surface area (Å²) in [5.74, 6) is -1.23. The Bertz CT molecular complexity index is 1380. The van der Waals surface area contributed by atoms with E-state index in [2.05, 4.69) is 20.5 Å². The van der Waals surface area contributed by atoms with Crippen molar-refractivity contribution in [1.82, 2.24) is 20.1 Å². The minimum atomic E-state index is -1.44. The molecule has 1 fully saturated rings. The number of carbonyl (C=O) groups is 2. The number of aromatic amines is 1. The molecule has 2 aliphatic heterocycles. The van der Waals surface area contributed by atoms with E-state index in [4.69, 9.17) is 16.3 Å². The molecule has 2 aromatic carbocycles. The van der Waals surface area contributed by atoms with Gasteiger partial charge in [-0.3, -0.25) is 10.1 Å². The molecule has 2 atom stereocenters. The lowest BCUT2D eigenvalue weighted by molar-refractivity contribution is -0.0796. The van der Waals surface area contributed by atoms with Crippen molar-refractivity contribution in [3.05, 3.63) is 75.8 Å². The fraction of sp³-hybridized carbons (Fsp3) is 0.385. The molecule has 11 heteroatoms. The number of H-pyrrole nitrogens is 1. The summed E-state index contributed by atoms with van der Waals surface area (Å²) < 4.78 is 34.5. The van der Waals surface area contributed by atoms with Crippen molar-refractivity contribution in [2.75, 3.05) is 18.4 Å². The summed E-state index contributed by atoms with van der Waals surface area (Å²) in [5, 5.41) is 10.7. The molecule has 3 aromatic rings. The number of nitrogens with one attached hydrogen (secondary N) is 2. The van der Waals surface area contributed by atoms with Crippen LogP contribution >= 0.6 is 11.6 Å². The smallest absolute Gasteiger partial charge is 0.412 e. The van der Waals surface area contributed by atoms with E-state index >= 15 is 4.39 Å². The normalized spacial score (nSPS) is 21.2. The Hall–Kier alpha value is -3.53. The SMILES string of the molecule is CCC(c1ccc(F)cc1)c1nnc(C(=O)N2CC(C)(C)C[C@@]3(C2)OC(=O)Nc2ccc(Cl)c(F)c23)[nH]1. The predicted octanol–water partition coefficient (Wildman–Crippen LogP) is 5.61. The van der Waals surface area contributed by atoms with E-state index < -0.39 is 28.8 Å². The number of fused-ring (bicyclic) bond motifs is 2. The monoisotopic (exact) mass is 529 g/mol. The highest BCUT2D eigenvalue weighted by molar-refractivity contribution is 6.31. The molecule has 0 radical (unpaired) electrons. The van der Waals surface area contributed by atoms with Crippen molar-refractivity contribution in [3.63, 3.8) is 0 Å². The maximum Gasteiger partial charge on any atom is 0.412 e. The van der Waals surface area contributed by atoms with E-state index in [0.29, 0.717) is 18.8 Å². The Labute approximate surface area is 217 Å². The Morgan fingerprint density at radius 3 is 2.59 bits per heavy atom. The minimum absolute atomic E-state index is 0.00969. The van der Waals surface area contributed by atoms with Crippen molar-refractivity contribution in [1.29, 1.82) is 0 Å². The molecule has 2 aliphatic rings. The summed E-state index contributed by atoms with van der Waals surface area (Å²) in [6.45, 7) is 6.02. The second kappa shape index (κ2) is 9.09. The number of piperidine rings is 1. The highest BCUT2D eigenvalue weighted by Crippen LogP contribution is 2.49. The molecule has 0 aliphatic carbocycles. The number of carbonyl (C=O) groups excluding carboxylic acids is 2. The maximum absolute atomic E-state index is 15.3. The fourth-order valence-electron chi connectivity index (χ4n) is 5.57. The van der Waals surface area contributed by atoms with Gasteiger partial charge in [-0.15, -0.1) is 10.2 Å². The minimum Gasteiger partial charge on any atom is -0.436 e. The summed E-state index contributed by atoms with van der Waals surface area (Å²) in [6.07, 6.45) is 0.200. The number of likely N-dealkylation sites (tertiary alicyclic amines) is 1.